The van der Waals surface area contributed by atoms with Crippen molar-refractivity contribution in [2.45, 2.75) is 45.1 Å². The summed E-state index contributed by atoms with van der Waals surface area (Å²) in [6, 6.07) is 0.434. The van der Waals surface area contributed by atoms with Crippen LogP contribution in [0.1, 0.15) is 39.0 Å². The Bertz CT molecular complexity index is 216. The molecule has 2 aliphatic heterocycles. The molecule has 3 nitrogen and oxygen atoms in total. The lowest BCUT2D eigenvalue weighted by atomic mass is 9.87. The van der Waals surface area contributed by atoms with Crippen molar-refractivity contribution in [3.8, 4) is 0 Å². The molecule has 0 spiro atoms. The predicted octanol–water partition coefficient (Wildman–Crippen LogP) is 1.47. The second-order valence-electron chi connectivity index (χ2n) is 5.82. The SMILES string of the molecule is CCC1CCN(CC2CCNCC2)C(CO)C1. The maximum atomic E-state index is 9.55. The number of aliphatic hydroxyl groups excluding tert-OH is 1. The summed E-state index contributed by atoms with van der Waals surface area (Å²) in [4.78, 5) is 2.56. The number of nitrogens with zero attached hydrogens (tertiary/aromatic N) is 1. The summed E-state index contributed by atoms with van der Waals surface area (Å²) in [6.07, 6.45) is 6.44. The molecule has 0 amide bonds. The molecule has 2 atom stereocenters. The molecule has 0 aromatic rings. The Morgan fingerprint density at radius 1 is 1.18 bits per heavy atom. The largest absolute Gasteiger partial charge is 0.395 e. The Morgan fingerprint density at radius 3 is 2.59 bits per heavy atom. The van der Waals surface area contributed by atoms with E-state index in [0.29, 0.717) is 12.6 Å². The van der Waals surface area contributed by atoms with Gasteiger partial charge in [0, 0.05) is 12.6 Å². The van der Waals surface area contributed by atoms with Crippen LogP contribution in [0.2, 0.25) is 0 Å². The van der Waals surface area contributed by atoms with Gasteiger partial charge in [-0.2, -0.15) is 0 Å². The first kappa shape index (κ1) is 13.3. The maximum absolute atomic E-state index is 9.55. The topological polar surface area (TPSA) is 35.5 Å². The standard InChI is InChI=1S/C14H28N2O/c1-2-12-5-8-16(14(9-12)11-17)10-13-3-6-15-7-4-13/h12-15,17H,2-11H2,1H3. The van der Waals surface area contributed by atoms with Crippen molar-refractivity contribution in [1.82, 2.24) is 10.2 Å². The van der Waals surface area contributed by atoms with Gasteiger partial charge in [0.05, 0.1) is 6.61 Å². The van der Waals surface area contributed by atoms with Crippen molar-refractivity contribution in [2.75, 3.05) is 32.8 Å². The number of rotatable bonds is 4. The van der Waals surface area contributed by atoms with Crippen molar-refractivity contribution in [3.05, 3.63) is 0 Å². The number of aliphatic hydroxyl groups is 1. The number of hydrogen-bond acceptors (Lipinski definition) is 3. The summed E-state index contributed by atoms with van der Waals surface area (Å²) >= 11 is 0. The van der Waals surface area contributed by atoms with E-state index in [0.717, 1.165) is 11.8 Å². The summed E-state index contributed by atoms with van der Waals surface area (Å²) in [6.45, 7) is 7.40. The number of nitrogens with one attached hydrogen (secondary N) is 1. The van der Waals surface area contributed by atoms with Crippen molar-refractivity contribution >= 4 is 0 Å². The van der Waals surface area contributed by atoms with Crippen molar-refractivity contribution in [2.24, 2.45) is 11.8 Å². The second kappa shape index (κ2) is 6.72. The number of likely N-dealkylation sites (tertiary alicyclic amines) is 1. The smallest absolute Gasteiger partial charge is 0.0586 e. The lowest BCUT2D eigenvalue weighted by molar-refractivity contribution is 0.0479. The lowest BCUT2D eigenvalue weighted by Crippen LogP contribution is -2.47. The van der Waals surface area contributed by atoms with E-state index in [1.807, 2.05) is 0 Å². The van der Waals surface area contributed by atoms with E-state index in [1.165, 1.54) is 58.3 Å². The van der Waals surface area contributed by atoms with Crippen molar-refractivity contribution in [3.63, 3.8) is 0 Å². The summed E-state index contributed by atoms with van der Waals surface area (Å²) in [5.41, 5.74) is 0. The Hall–Kier alpha value is -0.120. The van der Waals surface area contributed by atoms with Crippen LogP contribution in [0.4, 0.5) is 0 Å². The molecule has 0 radical (unpaired) electrons. The molecular formula is C14H28N2O. The number of piperidine rings is 2. The fourth-order valence-corrected chi connectivity index (χ4v) is 3.38. The first-order chi connectivity index (χ1) is 8.33. The van der Waals surface area contributed by atoms with Gasteiger partial charge < -0.3 is 10.4 Å². The van der Waals surface area contributed by atoms with E-state index < -0.39 is 0 Å². The third-order valence-corrected chi connectivity index (χ3v) is 4.69. The van der Waals surface area contributed by atoms with Crippen LogP contribution in [0.5, 0.6) is 0 Å². The third kappa shape index (κ3) is 3.67. The Kier molecular flexibility index (Phi) is 5.26. The Labute approximate surface area is 106 Å². The lowest BCUT2D eigenvalue weighted by Gasteiger charge is -2.41. The van der Waals surface area contributed by atoms with Gasteiger partial charge in [0.2, 0.25) is 0 Å². The average Bonchev–Trinajstić information content (AvgIpc) is 2.40. The Balaban J connectivity index is 1.82. The van der Waals surface area contributed by atoms with Crippen LogP contribution in [0.25, 0.3) is 0 Å². The normalized spacial score (nSPS) is 32.8. The van der Waals surface area contributed by atoms with Crippen LogP contribution < -0.4 is 5.32 Å². The first-order valence-electron chi connectivity index (χ1n) is 7.39. The summed E-state index contributed by atoms with van der Waals surface area (Å²) in [5.74, 6) is 1.69. The molecular weight excluding hydrogens is 212 g/mol. The minimum Gasteiger partial charge on any atom is -0.395 e. The first-order valence-corrected chi connectivity index (χ1v) is 7.39. The number of hydrogen-bond donors (Lipinski definition) is 2. The molecule has 2 N–H and O–H groups in total. The highest BCUT2D eigenvalue weighted by Crippen LogP contribution is 2.27. The highest BCUT2D eigenvalue weighted by atomic mass is 16.3. The van der Waals surface area contributed by atoms with Gasteiger partial charge in [0.15, 0.2) is 0 Å². The molecule has 3 heteroatoms. The summed E-state index contributed by atoms with van der Waals surface area (Å²) in [5, 5.41) is 13.0. The fraction of sp³-hybridized carbons (Fsp3) is 1.00. The van der Waals surface area contributed by atoms with Gasteiger partial charge in [-0.3, -0.25) is 4.90 Å². The molecule has 2 saturated heterocycles. The molecule has 17 heavy (non-hydrogen) atoms. The van der Waals surface area contributed by atoms with Crippen molar-refractivity contribution < 1.29 is 5.11 Å². The van der Waals surface area contributed by atoms with E-state index in [4.69, 9.17) is 0 Å². The van der Waals surface area contributed by atoms with Gasteiger partial charge >= 0.3 is 0 Å². The van der Waals surface area contributed by atoms with E-state index >= 15 is 0 Å². The molecule has 0 bridgehead atoms. The Morgan fingerprint density at radius 2 is 1.94 bits per heavy atom. The molecule has 0 aromatic heterocycles. The molecule has 2 unspecified atom stereocenters. The summed E-state index contributed by atoms with van der Waals surface area (Å²) in [7, 11) is 0. The third-order valence-electron chi connectivity index (χ3n) is 4.69. The predicted molar refractivity (Wildman–Crippen MR) is 71.1 cm³/mol. The van der Waals surface area contributed by atoms with Crippen LogP contribution in [-0.4, -0.2) is 48.8 Å². The average molecular weight is 240 g/mol. The van der Waals surface area contributed by atoms with Crippen LogP contribution in [0, 0.1) is 11.8 Å². The molecule has 0 saturated carbocycles. The fourth-order valence-electron chi connectivity index (χ4n) is 3.38. The van der Waals surface area contributed by atoms with Gasteiger partial charge in [-0.15, -0.1) is 0 Å². The van der Waals surface area contributed by atoms with Gasteiger partial charge in [0.25, 0.3) is 0 Å². The van der Waals surface area contributed by atoms with Gasteiger partial charge in [-0.1, -0.05) is 13.3 Å². The summed E-state index contributed by atoms with van der Waals surface area (Å²) < 4.78 is 0. The molecule has 2 heterocycles. The zero-order valence-corrected chi connectivity index (χ0v) is 11.2. The van der Waals surface area contributed by atoms with Gasteiger partial charge in [-0.05, 0) is 57.2 Å². The van der Waals surface area contributed by atoms with Crippen LogP contribution in [-0.2, 0) is 0 Å². The zero-order valence-electron chi connectivity index (χ0n) is 11.2. The molecule has 100 valence electrons. The quantitative estimate of drug-likeness (QED) is 0.781. The van der Waals surface area contributed by atoms with Crippen LogP contribution >= 0.6 is 0 Å². The molecule has 2 rings (SSSR count). The minimum absolute atomic E-state index is 0.349. The monoisotopic (exact) mass is 240 g/mol. The maximum Gasteiger partial charge on any atom is 0.0586 e. The van der Waals surface area contributed by atoms with E-state index in [-0.39, 0.29) is 0 Å². The molecule has 0 aromatic carbocycles. The highest BCUT2D eigenvalue weighted by molar-refractivity contribution is 4.83. The van der Waals surface area contributed by atoms with Gasteiger partial charge in [0.1, 0.15) is 0 Å². The minimum atomic E-state index is 0.349. The van der Waals surface area contributed by atoms with Crippen LogP contribution in [0.3, 0.4) is 0 Å². The van der Waals surface area contributed by atoms with Crippen molar-refractivity contribution in [1.29, 1.82) is 0 Å². The molecule has 2 aliphatic rings. The second-order valence-corrected chi connectivity index (χ2v) is 5.82. The van der Waals surface area contributed by atoms with Gasteiger partial charge in [-0.25, -0.2) is 0 Å². The molecule has 0 aliphatic carbocycles. The highest BCUT2D eigenvalue weighted by Gasteiger charge is 2.28. The van der Waals surface area contributed by atoms with Crippen LogP contribution in [0.15, 0.2) is 0 Å². The van der Waals surface area contributed by atoms with E-state index in [1.54, 1.807) is 0 Å². The zero-order chi connectivity index (χ0) is 12.1. The van der Waals surface area contributed by atoms with E-state index in [9.17, 15) is 5.11 Å². The van der Waals surface area contributed by atoms with E-state index in [2.05, 4.69) is 17.1 Å². The molecule has 2 fully saturated rings.